The molecule has 0 aliphatic heterocycles. The second-order valence-electron chi connectivity index (χ2n) is 6.03. The third kappa shape index (κ3) is 4.17. The molecule has 3 rings (SSSR count). The molecule has 3 aromatic rings. The second kappa shape index (κ2) is 7.80. The zero-order chi connectivity index (χ0) is 18.6. The molecule has 0 unspecified atom stereocenters. The third-order valence-corrected chi connectivity index (χ3v) is 5.99. The number of hydrogen-bond acceptors (Lipinski definition) is 3. The zero-order valence-corrected chi connectivity index (χ0v) is 15.2. The number of halogens is 1. The minimum Gasteiger partial charge on any atom is -0.282 e. The van der Waals surface area contributed by atoms with E-state index < -0.39 is 10.0 Å². The van der Waals surface area contributed by atoms with E-state index in [1.54, 1.807) is 49.5 Å². The molecule has 1 N–H and O–H groups in total. The number of nitrogens with one attached hydrogen (secondary N) is 1. The molecule has 0 saturated carbocycles. The first-order chi connectivity index (χ1) is 12.5. The lowest BCUT2D eigenvalue weighted by molar-refractivity contribution is 0.460. The molecule has 0 saturated heterocycles. The molecule has 0 bridgehead atoms. The van der Waals surface area contributed by atoms with Gasteiger partial charge in [-0.05, 0) is 43.2 Å². The number of aryl methyl sites for hydroxylation is 1. The molecule has 1 aromatic heterocycles. The molecule has 0 fully saturated rings. The Labute approximate surface area is 152 Å². The molecule has 0 aliphatic carbocycles. The SMILES string of the molecule is CN(CCCc1cc(-c2cccc(F)c2)n[nH]1)S(=O)(=O)c1ccccc1. The van der Waals surface area contributed by atoms with Crippen LogP contribution in [0.15, 0.2) is 65.6 Å². The lowest BCUT2D eigenvalue weighted by Gasteiger charge is -2.16. The predicted molar refractivity (Wildman–Crippen MR) is 98.6 cm³/mol. The molecule has 0 spiro atoms. The highest BCUT2D eigenvalue weighted by Gasteiger charge is 2.19. The number of rotatable bonds is 7. The van der Waals surface area contributed by atoms with Crippen molar-refractivity contribution in [2.24, 2.45) is 0 Å². The fraction of sp³-hybridized carbons (Fsp3) is 0.211. The Morgan fingerprint density at radius 3 is 2.58 bits per heavy atom. The zero-order valence-electron chi connectivity index (χ0n) is 14.4. The Hall–Kier alpha value is -2.51. The third-order valence-electron chi connectivity index (χ3n) is 4.12. The van der Waals surface area contributed by atoms with E-state index in [0.717, 1.165) is 5.69 Å². The van der Waals surface area contributed by atoms with Gasteiger partial charge in [0.2, 0.25) is 10.0 Å². The maximum Gasteiger partial charge on any atom is 0.242 e. The minimum absolute atomic E-state index is 0.289. The summed E-state index contributed by atoms with van der Waals surface area (Å²) in [5, 5.41) is 7.13. The van der Waals surface area contributed by atoms with E-state index >= 15 is 0 Å². The number of aromatic nitrogens is 2. The number of H-pyrrole nitrogens is 1. The van der Waals surface area contributed by atoms with E-state index in [9.17, 15) is 12.8 Å². The van der Waals surface area contributed by atoms with Crippen LogP contribution in [0.4, 0.5) is 4.39 Å². The Kier molecular flexibility index (Phi) is 5.49. The van der Waals surface area contributed by atoms with Crippen molar-refractivity contribution in [3.63, 3.8) is 0 Å². The molecule has 1 heterocycles. The lowest BCUT2D eigenvalue weighted by Crippen LogP contribution is -2.28. The summed E-state index contributed by atoms with van der Waals surface area (Å²) in [4.78, 5) is 0.289. The molecule has 0 amide bonds. The van der Waals surface area contributed by atoms with Crippen LogP contribution in [0.25, 0.3) is 11.3 Å². The highest BCUT2D eigenvalue weighted by Crippen LogP contribution is 2.19. The van der Waals surface area contributed by atoms with E-state index in [4.69, 9.17) is 0 Å². The summed E-state index contributed by atoms with van der Waals surface area (Å²) in [7, 11) is -1.89. The Balaban J connectivity index is 1.59. The van der Waals surface area contributed by atoms with Crippen molar-refractivity contribution in [3.8, 4) is 11.3 Å². The molecule has 0 aliphatic rings. The van der Waals surface area contributed by atoms with Gasteiger partial charge in [-0.2, -0.15) is 5.10 Å². The molecule has 0 radical (unpaired) electrons. The number of nitrogens with zero attached hydrogens (tertiary/aromatic N) is 2. The van der Waals surface area contributed by atoms with Crippen LogP contribution in [0.2, 0.25) is 0 Å². The predicted octanol–water partition coefficient (Wildman–Crippen LogP) is 3.47. The molecule has 0 atom stereocenters. The molecule has 2 aromatic carbocycles. The highest BCUT2D eigenvalue weighted by atomic mass is 32.2. The summed E-state index contributed by atoms with van der Waals surface area (Å²) in [6.45, 7) is 0.394. The van der Waals surface area contributed by atoms with E-state index in [1.807, 2.05) is 6.07 Å². The molecule has 7 heteroatoms. The van der Waals surface area contributed by atoms with Gasteiger partial charge in [-0.1, -0.05) is 30.3 Å². The maximum absolute atomic E-state index is 13.3. The standard InChI is InChI=1S/C19H20FN3O2S/c1-23(26(24,25)18-10-3-2-4-11-18)12-6-9-17-14-19(22-21-17)15-7-5-8-16(20)13-15/h2-5,7-8,10-11,13-14H,6,9,12H2,1H3,(H,21,22). The number of hydrogen-bond donors (Lipinski definition) is 1. The summed E-state index contributed by atoms with van der Waals surface area (Å²) in [5.74, 6) is -0.306. The second-order valence-corrected chi connectivity index (χ2v) is 8.08. The van der Waals surface area contributed by atoms with Gasteiger partial charge in [0, 0.05) is 24.8 Å². The van der Waals surface area contributed by atoms with Crippen molar-refractivity contribution in [1.29, 1.82) is 0 Å². The van der Waals surface area contributed by atoms with Gasteiger partial charge >= 0.3 is 0 Å². The van der Waals surface area contributed by atoms with Gasteiger partial charge in [0.15, 0.2) is 0 Å². The van der Waals surface area contributed by atoms with Crippen molar-refractivity contribution < 1.29 is 12.8 Å². The highest BCUT2D eigenvalue weighted by molar-refractivity contribution is 7.89. The molecule has 26 heavy (non-hydrogen) atoms. The number of aromatic amines is 1. The van der Waals surface area contributed by atoms with Crippen LogP contribution in [0, 0.1) is 5.82 Å². The Bertz CT molecular complexity index is 971. The summed E-state index contributed by atoms with van der Waals surface area (Å²) >= 11 is 0. The Morgan fingerprint density at radius 2 is 1.85 bits per heavy atom. The van der Waals surface area contributed by atoms with Gasteiger partial charge < -0.3 is 0 Å². The van der Waals surface area contributed by atoms with Crippen molar-refractivity contribution >= 4 is 10.0 Å². The quantitative estimate of drug-likeness (QED) is 0.690. The normalized spacial score (nSPS) is 11.8. The fourth-order valence-electron chi connectivity index (χ4n) is 2.67. The van der Waals surface area contributed by atoms with E-state index in [1.165, 1.54) is 16.4 Å². The minimum atomic E-state index is -3.47. The fourth-order valence-corrected chi connectivity index (χ4v) is 3.90. The van der Waals surface area contributed by atoms with Crippen LogP contribution in [0.3, 0.4) is 0 Å². The van der Waals surface area contributed by atoms with Gasteiger partial charge in [0.25, 0.3) is 0 Å². The van der Waals surface area contributed by atoms with Crippen LogP contribution in [0.1, 0.15) is 12.1 Å². The van der Waals surface area contributed by atoms with Gasteiger partial charge in [0.05, 0.1) is 10.6 Å². The smallest absolute Gasteiger partial charge is 0.242 e. The van der Waals surface area contributed by atoms with Crippen molar-refractivity contribution in [3.05, 3.63) is 72.2 Å². The number of sulfonamides is 1. The van der Waals surface area contributed by atoms with Gasteiger partial charge in [-0.25, -0.2) is 17.1 Å². The van der Waals surface area contributed by atoms with Gasteiger partial charge in [-0.3, -0.25) is 5.10 Å². The topological polar surface area (TPSA) is 66.1 Å². The van der Waals surface area contributed by atoms with Crippen molar-refractivity contribution in [1.82, 2.24) is 14.5 Å². The van der Waals surface area contributed by atoms with Gasteiger partial charge in [0.1, 0.15) is 5.82 Å². The van der Waals surface area contributed by atoms with E-state index in [2.05, 4.69) is 10.2 Å². The number of benzene rings is 2. The Morgan fingerprint density at radius 1 is 1.08 bits per heavy atom. The molecule has 5 nitrogen and oxygen atoms in total. The molecular weight excluding hydrogens is 353 g/mol. The largest absolute Gasteiger partial charge is 0.282 e. The van der Waals surface area contributed by atoms with Gasteiger partial charge in [-0.15, -0.1) is 0 Å². The van der Waals surface area contributed by atoms with Crippen LogP contribution in [-0.2, 0) is 16.4 Å². The monoisotopic (exact) mass is 373 g/mol. The summed E-state index contributed by atoms with van der Waals surface area (Å²) in [6.07, 6.45) is 1.30. The van der Waals surface area contributed by atoms with Crippen LogP contribution >= 0.6 is 0 Å². The maximum atomic E-state index is 13.3. The van der Waals surface area contributed by atoms with Crippen molar-refractivity contribution in [2.75, 3.05) is 13.6 Å². The van der Waals surface area contributed by atoms with Crippen LogP contribution < -0.4 is 0 Å². The molecule has 136 valence electrons. The molecular formula is C19H20FN3O2S. The van der Waals surface area contributed by atoms with Crippen LogP contribution in [0.5, 0.6) is 0 Å². The average molecular weight is 373 g/mol. The summed E-state index contributed by atoms with van der Waals surface area (Å²) in [5.41, 5.74) is 2.26. The van der Waals surface area contributed by atoms with Crippen molar-refractivity contribution in [2.45, 2.75) is 17.7 Å². The first-order valence-corrected chi connectivity index (χ1v) is 9.72. The summed E-state index contributed by atoms with van der Waals surface area (Å²) in [6, 6.07) is 16.5. The first kappa shape index (κ1) is 18.3. The lowest BCUT2D eigenvalue weighted by atomic mass is 10.1. The van der Waals surface area contributed by atoms with Crippen LogP contribution in [-0.4, -0.2) is 36.5 Å². The average Bonchev–Trinajstić information content (AvgIpc) is 3.11. The first-order valence-electron chi connectivity index (χ1n) is 8.28. The summed E-state index contributed by atoms with van der Waals surface area (Å²) < 4.78 is 39.6. The van der Waals surface area contributed by atoms with E-state index in [-0.39, 0.29) is 10.7 Å². The van der Waals surface area contributed by atoms with E-state index in [0.29, 0.717) is 30.6 Å².